The Hall–Kier alpha value is -4.33. The molecule has 0 unspecified atom stereocenters. The smallest absolute Gasteiger partial charge is 0.336 e. The average molecular weight is 551 g/mol. The largest absolute Gasteiger partial charge is 0.478 e. The molecule has 1 aliphatic heterocycles. The normalized spacial score (nSPS) is 18.7. The third kappa shape index (κ3) is 4.81. The van der Waals surface area contributed by atoms with Crippen molar-refractivity contribution in [1.29, 1.82) is 0 Å². The summed E-state index contributed by atoms with van der Waals surface area (Å²) < 4.78 is 2.14. The van der Waals surface area contributed by atoms with Crippen LogP contribution in [0.4, 0.5) is 5.69 Å². The molecule has 2 fully saturated rings. The zero-order valence-corrected chi connectivity index (χ0v) is 23.5. The number of hydrogen-bond acceptors (Lipinski definition) is 5. The van der Waals surface area contributed by atoms with Crippen molar-refractivity contribution in [3.63, 3.8) is 0 Å². The van der Waals surface area contributed by atoms with E-state index in [-0.39, 0.29) is 29.2 Å². The number of rotatable bonds is 8. The summed E-state index contributed by atoms with van der Waals surface area (Å²) in [6.07, 6.45) is 6.30. The van der Waals surface area contributed by atoms with Gasteiger partial charge in [0.1, 0.15) is 5.82 Å². The summed E-state index contributed by atoms with van der Waals surface area (Å²) in [5, 5.41) is 9.61. The number of unbranched alkanes of at least 4 members (excludes halogenated alkanes) is 1. The number of imidazole rings is 1. The third-order valence-electron chi connectivity index (χ3n) is 8.58. The van der Waals surface area contributed by atoms with E-state index < -0.39 is 5.97 Å². The molecule has 4 aromatic rings. The van der Waals surface area contributed by atoms with Gasteiger partial charge in [-0.15, -0.1) is 0 Å². The van der Waals surface area contributed by atoms with E-state index in [9.17, 15) is 19.5 Å². The van der Waals surface area contributed by atoms with E-state index in [0.29, 0.717) is 29.1 Å². The minimum Gasteiger partial charge on any atom is -0.478 e. The maximum Gasteiger partial charge on any atom is 0.336 e. The van der Waals surface area contributed by atoms with Gasteiger partial charge in [-0.2, -0.15) is 0 Å². The zero-order chi connectivity index (χ0) is 28.7. The van der Waals surface area contributed by atoms with Crippen LogP contribution in [0.5, 0.6) is 0 Å². The van der Waals surface area contributed by atoms with Crippen LogP contribution >= 0.6 is 0 Å². The Morgan fingerprint density at radius 1 is 0.976 bits per heavy atom. The van der Waals surface area contributed by atoms with Crippen LogP contribution in [0, 0.1) is 18.8 Å². The lowest BCUT2D eigenvalue weighted by molar-refractivity contribution is -0.122. The topological polar surface area (TPSA) is 105 Å². The van der Waals surface area contributed by atoms with Crippen molar-refractivity contribution in [1.82, 2.24) is 14.5 Å². The summed E-state index contributed by atoms with van der Waals surface area (Å²) in [5.41, 5.74) is 5.40. The highest BCUT2D eigenvalue weighted by atomic mass is 16.4. The number of carboxylic acids is 1. The Kier molecular flexibility index (Phi) is 7.15. The molecule has 2 atom stereocenters. The fraction of sp³-hybridized carbons (Fsp3) is 0.364. The second kappa shape index (κ2) is 10.9. The molecule has 6 rings (SSSR count). The summed E-state index contributed by atoms with van der Waals surface area (Å²) in [7, 11) is 0. The van der Waals surface area contributed by atoms with Crippen LogP contribution in [0.25, 0.3) is 22.3 Å². The van der Waals surface area contributed by atoms with Crippen molar-refractivity contribution in [2.75, 3.05) is 4.90 Å². The van der Waals surface area contributed by atoms with Gasteiger partial charge in [0.2, 0.25) is 11.8 Å². The number of nitrogens with zero attached hydrogens (tertiary/aromatic N) is 4. The van der Waals surface area contributed by atoms with E-state index in [1.165, 1.54) is 4.90 Å². The number of hydrogen-bond donors (Lipinski definition) is 1. The molecular formula is C33H34N4O4. The van der Waals surface area contributed by atoms with Gasteiger partial charge in [0.25, 0.3) is 0 Å². The molecule has 2 aromatic carbocycles. The molecule has 1 saturated carbocycles. The molecule has 1 aliphatic carbocycles. The summed E-state index contributed by atoms with van der Waals surface area (Å²) in [6, 6.07) is 16.8. The van der Waals surface area contributed by atoms with E-state index in [4.69, 9.17) is 9.97 Å². The predicted octanol–water partition coefficient (Wildman–Crippen LogP) is 6.18. The summed E-state index contributed by atoms with van der Waals surface area (Å²) in [5.74, 6) is -0.680. The van der Waals surface area contributed by atoms with Crippen LogP contribution < -0.4 is 4.90 Å². The number of aromatic nitrogens is 3. The molecule has 0 radical (unpaired) electrons. The number of fused-ring (bicyclic) bond motifs is 2. The summed E-state index contributed by atoms with van der Waals surface area (Å²) in [4.78, 5) is 49.6. The molecule has 2 aliphatic rings. The Balaban J connectivity index is 1.38. The Labute approximate surface area is 239 Å². The molecule has 210 valence electrons. The molecule has 3 heterocycles. The number of benzene rings is 2. The second-order valence-corrected chi connectivity index (χ2v) is 11.2. The monoisotopic (exact) mass is 550 g/mol. The van der Waals surface area contributed by atoms with Gasteiger partial charge in [-0.25, -0.2) is 19.7 Å². The Morgan fingerprint density at radius 3 is 2.32 bits per heavy atom. The quantitative estimate of drug-likeness (QED) is 0.263. The SMILES string of the molecule is CCCCc1nc2nc(C)c(N3C(=O)[C@H]4CCCC[C@H]4C3=O)cc2n1Cc1ccc(-c2ccccc2C(=O)O)cc1. The van der Waals surface area contributed by atoms with Gasteiger partial charge in [-0.1, -0.05) is 68.7 Å². The van der Waals surface area contributed by atoms with E-state index in [0.717, 1.165) is 67.4 Å². The molecular weight excluding hydrogens is 516 g/mol. The van der Waals surface area contributed by atoms with Crippen LogP contribution in [0.1, 0.15) is 72.9 Å². The molecule has 2 aromatic heterocycles. The third-order valence-corrected chi connectivity index (χ3v) is 8.58. The van der Waals surface area contributed by atoms with Crippen molar-refractivity contribution >= 4 is 34.6 Å². The minimum absolute atomic E-state index is 0.0987. The first kappa shape index (κ1) is 26.9. The number of aryl methyl sites for hydroxylation is 2. The van der Waals surface area contributed by atoms with E-state index in [2.05, 4.69) is 11.5 Å². The molecule has 41 heavy (non-hydrogen) atoms. The van der Waals surface area contributed by atoms with Crippen molar-refractivity contribution in [3.05, 3.63) is 77.2 Å². The second-order valence-electron chi connectivity index (χ2n) is 11.2. The standard InChI is InChI=1S/C33H34N4O4/c1-3-4-13-29-35-30-28(18-27(20(2)34-30)37-31(38)24-10-6-7-11-25(24)32(37)39)36(29)19-21-14-16-22(17-15-21)23-9-5-8-12-26(23)33(40)41/h5,8-9,12,14-18,24-25H,3-4,6-7,10-11,13,19H2,1-2H3,(H,40,41)/t24-,25+. The van der Waals surface area contributed by atoms with Crippen LogP contribution in [0.2, 0.25) is 0 Å². The number of anilines is 1. The van der Waals surface area contributed by atoms with E-state index in [1.54, 1.807) is 12.1 Å². The molecule has 0 spiro atoms. The number of carbonyl (C=O) groups is 3. The maximum atomic E-state index is 13.4. The Morgan fingerprint density at radius 2 is 1.66 bits per heavy atom. The van der Waals surface area contributed by atoms with Crippen molar-refractivity contribution < 1.29 is 19.5 Å². The molecule has 8 heteroatoms. The van der Waals surface area contributed by atoms with Crippen LogP contribution in [-0.4, -0.2) is 37.4 Å². The lowest BCUT2D eigenvalue weighted by atomic mass is 9.81. The minimum atomic E-state index is -0.956. The van der Waals surface area contributed by atoms with Crippen molar-refractivity contribution in [2.24, 2.45) is 11.8 Å². The lowest BCUT2D eigenvalue weighted by Gasteiger charge is -2.19. The maximum absolute atomic E-state index is 13.4. The van der Waals surface area contributed by atoms with Gasteiger partial charge >= 0.3 is 5.97 Å². The average Bonchev–Trinajstić information content (AvgIpc) is 3.44. The molecule has 0 bridgehead atoms. The highest BCUT2D eigenvalue weighted by molar-refractivity contribution is 6.22. The number of imide groups is 1. The number of carboxylic acid groups (broad SMARTS) is 1. The number of amides is 2. The number of pyridine rings is 1. The highest BCUT2D eigenvalue weighted by Gasteiger charge is 2.49. The van der Waals surface area contributed by atoms with Gasteiger partial charge < -0.3 is 9.67 Å². The van der Waals surface area contributed by atoms with Crippen LogP contribution in [-0.2, 0) is 22.6 Å². The fourth-order valence-electron chi connectivity index (χ4n) is 6.40. The lowest BCUT2D eigenvalue weighted by Crippen LogP contribution is -2.31. The molecule has 1 saturated heterocycles. The zero-order valence-electron chi connectivity index (χ0n) is 23.5. The van der Waals surface area contributed by atoms with Gasteiger partial charge in [-0.3, -0.25) is 9.59 Å². The van der Waals surface area contributed by atoms with Crippen molar-refractivity contribution in [3.8, 4) is 11.1 Å². The first-order valence-corrected chi connectivity index (χ1v) is 14.5. The van der Waals surface area contributed by atoms with Crippen LogP contribution in [0.3, 0.4) is 0 Å². The summed E-state index contributed by atoms with van der Waals surface area (Å²) >= 11 is 0. The first-order chi connectivity index (χ1) is 19.9. The van der Waals surface area contributed by atoms with Crippen molar-refractivity contribution in [2.45, 2.75) is 65.3 Å². The number of carbonyl (C=O) groups excluding carboxylic acids is 2. The molecule has 1 N–H and O–H groups in total. The van der Waals surface area contributed by atoms with Gasteiger partial charge in [0.15, 0.2) is 5.65 Å². The first-order valence-electron chi connectivity index (χ1n) is 14.5. The van der Waals surface area contributed by atoms with Gasteiger partial charge in [-0.05, 0) is 55.0 Å². The summed E-state index contributed by atoms with van der Waals surface area (Å²) in [6.45, 7) is 4.52. The predicted molar refractivity (Wildman–Crippen MR) is 157 cm³/mol. The highest BCUT2D eigenvalue weighted by Crippen LogP contribution is 2.41. The van der Waals surface area contributed by atoms with E-state index in [1.807, 2.05) is 49.4 Å². The fourth-order valence-corrected chi connectivity index (χ4v) is 6.40. The molecule has 8 nitrogen and oxygen atoms in total. The van der Waals surface area contributed by atoms with E-state index >= 15 is 0 Å². The van der Waals surface area contributed by atoms with Gasteiger partial charge in [0.05, 0.1) is 34.3 Å². The Bertz CT molecular complexity index is 1630. The molecule has 2 amide bonds. The van der Waals surface area contributed by atoms with Crippen LogP contribution in [0.15, 0.2) is 54.6 Å². The van der Waals surface area contributed by atoms with Gasteiger partial charge in [0, 0.05) is 13.0 Å². The number of aromatic carboxylic acids is 1.